The van der Waals surface area contributed by atoms with Crippen molar-refractivity contribution in [2.24, 2.45) is 0 Å². The normalized spacial score (nSPS) is 12.4. The molecule has 1 atom stereocenters. The lowest BCUT2D eigenvalue weighted by molar-refractivity contribution is -0.142. The van der Waals surface area contributed by atoms with Crippen molar-refractivity contribution >= 4 is 18.0 Å². The van der Waals surface area contributed by atoms with E-state index in [4.69, 9.17) is 9.84 Å². The van der Waals surface area contributed by atoms with Crippen molar-refractivity contribution in [3.8, 4) is 0 Å². The van der Waals surface area contributed by atoms with E-state index in [2.05, 4.69) is 15.4 Å². The molecule has 0 unspecified atom stereocenters. The Labute approximate surface area is 124 Å². The van der Waals surface area contributed by atoms with Gasteiger partial charge in [0, 0.05) is 19.6 Å². The van der Waals surface area contributed by atoms with E-state index in [1.807, 2.05) is 20.8 Å². The minimum atomic E-state index is -1.21. The first-order valence-corrected chi connectivity index (χ1v) is 6.69. The van der Waals surface area contributed by atoms with Crippen LogP contribution in [0.1, 0.15) is 33.6 Å². The first-order chi connectivity index (χ1) is 9.71. The number of carboxylic acids is 1. The number of nitrogens with one attached hydrogen (secondary N) is 2. The highest BCUT2D eigenvalue weighted by molar-refractivity contribution is 5.83. The molecule has 8 heteroatoms. The van der Waals surface area contributed by atoms with Gasteiger partial charge in [-0.2, -0.15) is 0 Å². The molecule has 0 aromatic carbocycles. The predicted octanol–water partition coefficient (Wildman–Crippen LogP) is 0.507. The Morgan fingerprint density at radius 3 is 2.38 bits per heavy atom. The van der Waals surface area contributed by atoms with Crippen molar-refractivity contribution in [1.29, 1.82) is 0 Å². The molecule has 0 rings (SSSR count). The second kappa shape index (κ2) is 9.17. The number of rotatable bonds is 9. The van der Waals surface area contributed by atoms with Gasteiger partial charge in [0.2, 0.25) is 0 Å². The van der Waals surface area contributed by atoms with Gasteiger partial charge in [0.05, 0.1) is 12.7 Å². The molecule has 21 heavy (non-hydrogen) atoms. The van der Waals surface area contributed by atoms with E-state index < -0.39 is 29.6 Å². The van der Waals surface area contributed by atoms with E-state index in [1.165, 1.54) is 7.11 Å². The number of esters is 1. The lowest BCUT2D eigenvalue weighted by Gasteiger charge is -2.25. The molecule has 0 saturated heterocycles. The first-order valence-electron chi connectivity index (χ1n) is 6.69. The van der Waals surface area contributed by atoms with Crippen LogP contribution in [0, 0.1) is 0 Å². The molecule has 0 aromatic heterocycles. The standard InChI is InChI=1S/C13H24N2O6/c1-5-21-13(2,3)8-14-12(19)15-9(11(17)18)6-7-10(16)20-4/h9H,5-8H2,1-4H3,(H,17,18)(H2,14,15,19)/t9-/m1/s1. The van der Waals surface area contributed by atoms with E-state index in [1.54, 1.807) is 0 Å². The highest BCUT2D eigenvalue weighted by Crippen LogP contribution is 2.06. The number of carboxylic acid groups (broad SMARTS) is 1. The summed E-state index contributed by atoms with van der Waals surface area (Å²) in [7, 11) is 1.22. The van der Waals surface area contributed by atoms with Gasteiger partial charge in [-0.25, -0.2) is 9.59 Å². The number of urea groups is 1. The summed E-state index contributed by atoms with van der Waals surface area (Å²) < 4.78 is 9.83. The number of carbonyl (C=O) groups is 3. The van der Waals surface area contributed by atoms with Crippen molar-refractivity contribution in [3.63, 3.8) is 0 Å². The summed E-state index contributed by atoms with van der Waals surface area (Å²) in [6.07, 6.45) is -0.123. The van der Waals surface area contributed by atoms with Gasteiger partial charge in [0.25, 0.3) is 0 Å². The molecule has 0 saturated carbocycles. The molecule has 0 aliphatic heterocycles. The zero-order valence-corrected chi connectivity index (χ0v) is 12.9. The van der Waals surface area contributed by atoms with E-state index in [0.717, 1.165) is 0 Å². The maximum atomic E-state index is 11.7. The molecule has 3 N–H and O–H groups in total. The number of ether oxygens (including phenoxy) is 2. The Morgan fingerprint density at radius 2 is 1.90 bits per heavy atom. The summed E-state index contributed by atoms with van der Waals surface area (Å²) in [5.41, 5.74) is -0.545. The van der Waals surface area contributed by atoms with Crippen LogP contribution in [0.3, 0.4) is 0 Å². The Morgan fingerprint density at radius 1 is 1.29 bits per heavy atom. The van der Waals surface area contributed by atoms with Crippen LogP contribution in [-0.2, 0) is 19.1 Å². The maximum Gasteiger partial charge on any atom is 0.326 e. The van der Waals surface area contributed by atoms with Gasteiger partial charge < -0.3 is 25.2 Å². The van der Waals surface area contributed by atoms with Gasteiger partial charge in [-0.05, 0) is 27.2 Å². The monoisotopic (exact) mass is 304 g/mol. The van der Waals surface area contributed by atoms with Crippen LogP contribution in [0.25, 0.3) is 0 Å². The highest BCUT2D eigenvalue weighted by atomic mass is 16.5. The lowest BCUT2D eigenvalue weighted by atomic mass is 10.1. The lowest BCUT2D eigenvalue weighted by Crippen LogP contribution is -2.49. The molecule has 0 aliphatic rings. The van der Waals surface area contributed by atoms with Gasteiger partial charge in [-0.3, -0.25) is 4.79 Å². The number of carbonyl (C=O) groups excluding carboxylic acids is 2. The Hall–Kier alpha value is -1.83. The van der Waals surface area contributed by atoms with E-state index in [0.29, 0.717) is 6.61 Å². The van der Waals surface area contributed by atoms with Crippen molar-refractivity contribution in [2.75, 3.05) is 20.3 Å². The van der Waals surface area contributed by atoms with Crippen LogP contribution in [0.5, 0.6) is 0 Å². The molecule has 2 amide bonds. The quantitative estimate of drug-likeness (QED) is 0.535. The molecular formula is C13H24N2O6. The fourth-order valence-electron chi connectivity index (χ4n) is 1.57. The van der Waals surface area contributed by atoms with Crippen LogP contribution < -0.4 is 10.6 Å². The van der Waals surface area contributed by atoms with Crippen LogP contribution in [-0.4, -0.2) is 55.0 Å². The third kappa shape index (κ3) is 8.85. The fraction of sp³-hybridized carbons (Fsp3) is 0.769. The van der Waals surface area contributed by atoms with Crippen molar-refractivity contribution in [2.45, 2.75) is 45.3 Å². The average molecular weight is 304 g/mol. The SMILES string of the molecule is CCOC(C)(C)CNC(=O)N[C@H](CCC(=O)OC)C(=O)O. The second-order valence-corrected chi connectivity index (χ2v) is 5.03. The average Bonchev–Trinajstić information content (AvgIpc) is 2.40. The Balaban J connectivity index is 4.29. The van der Waals surface area contributed by atoms with Gasteiger partial charge in [-0.1, -0.05) is 0 Å². The van der Waals surface area contributed by atoms with Crippen LogP contribution >= 0.6 is 0 Å². The van der Waals surface area contributed by atoms with Gasteiger partial charge in [0.15, 0.2) is 0 Å². The minimum Gasteiger partial charge on any atom is -0.480 e. The van der Waals surface area contributed by atoms with Crippen molar-refractivity contribution in [1.82, 2.24) is 10.6 Å². The number of aliphatic carboxylic acids is 1. The van der Waals surface area contributed by atoms with Crippen LogP contribution in [0.4, 0.5) is 4.79 Å². The summed E-state index contributed by atoms with van der Waals surface area (Å²) in [4.78, 5) is 33.7. The number of amides is 2. The Bertz CT molecular complexity index is 370. The summed E-state index contributed by atoms with van der Waals surface area (Å²) in [5, 5.41) is 13.8. The Kier molecular flexibility index (Phi) is 8.37. The fourth-order valence-corrected chi connectivity index (χ4v) is 1.57. The van der Waals surface area contributed by atoms with Crippen LogP contribution in [0.15, 0.2) is 0 Å². The first kappa shape index (κ1) is 19.2. The maximum absolute atomic E-state index is 11.7. The van der Waals surface area contributed by atoms with Crippen molar-refractivity contribution in [3.05, 3.63) is 0 Å². The van der Waals surface area contributed by atoms with E-state index in [-0.39, 0.29) is 19.4 Å². The molecule has 0 radical (unpaired) electrons. The molecule has 8 nitrogen and oxygen atoms in total. The van der Waals surface area contributed by atoms with E-state index in [9.17, 15) is 14.4 Å². The summed E-state index contributed by atoms with van der Waals surface area (Å²) in [6.45, 7) is 6.20. The smallest absolute Gasteiger partial charge is 0.326 e. The number of hydrogen-bond acceptors (Lipinski definition) is 5. The van der Waals surface area contributed by atoms with Crippen LogP contribution in [0.2, 0.25) is 0 Å². The molecule has 0 fully saturated rings. The molecular weight excluding hydrogens is 280 g/mol. The number of methoxy groups -OCH3 is 1. The molecule has 0 aromatic rings. The van der Waals surface area contributed by atoms with Gasteiger partial charge >= 0.3 is 18.0 Å². The largest absolute Gasteiger partial charge is 0.480 e. The highest BCUT2D eigenvalue weighted by Gasteiger charge is 2.23. The number of hydrogen-bond donors (Lipinski definition) is 3. The zero-order chi connectivity index (χ0) is 16.5. The molecule has 0 aliphatic carbocycles. The molecule has 0 spiro atoms. The second-order valence-electron chi connectivity index (χ2n) is 5.03. The van der Waals surface area contributed by atoms with Gasteiger partial charge in [0.1, 0.15) is 6.04 Å². The zero-order valence-electron chi connectivity index (χ0n) is 12.9. The minimum absolute atomic E-state index is 0.0374. The topological polar surface area (TPSA) is 114 Å². The molecule has 122 valence electrons. The van der Waals surface area contributed by atoms with Crippen molar-refractivity contribution < 1.29 is 29.0 Å². The van der Waals surface area contributed by atoms with E-state index >= 15 is 0 Å². The molecule has 0 bridgehead atoms. The third-order valence-corrected chi connectivity index (χ3v) is 2.68. The summed E-state index contributed by atoms with van der Waals surface area (Å²) in [5.74, 6) is -1.74. The third-order valence-electron chi connectivity index (χ3n) is 2.68. The summed E-state index contributed by atoms with van der Waals surface area (Å²) in [6, 6.07) is -1.78. The predicted molar refractivity (Wildman–Crippen MR) is 74.9 cm³/mol. The van der Waals surface area contributed by atoms with Gasteiger partial charge in [-0.15, -0.1) is 0 Å². The molecule has 0 heterocycles. The summed E-state index contributed by atoms with van der Waals surface area (Å²) >= 11 is 0.